The van der Waals surface area contributed by atoms with Gasteiger partial charge in [0.2, 0.25) is 0 Å². The van der Waals surface area contributed by atoms with Gasteiger partial charge in [0.15, 0.2) is 5.87 Å². The summed E-state index contributed by atoms with van der Waals surface area (Å²) in [5.41, 5.74) is 0. The number of aliphatic hydroxyl groups excluding tert-OH is 1. The fraction of sp³-hybridized carbons (Fsp3) is 0.444. The van der Waals surface area contributed by atoms with Gasteiger partial charge in [0.05, 0.1) is 6.26 Å². The summed E-state index contributed by atoms with van der Waals surface area (Å²) in [6.07, 6.45) is 0.750. The van der Waals surface area contributed by atoms with Gasteiger partial charge >= 0.3 is 4.63 Å². The van der Waals surface area contributed by atoms with Crippen molar-refractivity contribution >= 4 is 33.7 Å². The average Bonchev–Trinajstić information content (AvgIpc) is 2.06. The van der Waals surface area contributed by atoms with Crippen molar-refractivity contribution in [2.24, 2.45) is 0 Å². The topological polar surface area (TPSA) is 26.2 Å². The molecule has 0 radical (unpaired) electrons. The highest BCUT2D eigenvalue weighted by Gasteiger charge is 1.90. The van der Waals surface area contributed by atoms with Crippen molar-refractivity contribution in [3.63, 3.8) is 0 Å². The van der Waals surface area contributed by atoms with Gasteiger partial charge < -0.3 is 5.11 Å². The lowest BCUT2D eigenvalue weighted by molar-refractivity contribution is -0.459. The molecule has 0 aromatic carbocycles. The maximum Gasteiger partial charge on any atom is 0.340 e. The fourth-order valence-electron chi connectivity index (χ4n) is 0. The largest absolute Gasteiger partial charge is 0.516 e. The van der Waals surface area contributed by atoms with Crippen LogP contribution in [0.5, 0.6) is 0 Å². The van der Waals surface area contributed by atoms with Crippen molar-refractivity contribution in [1.29, 1.82) is 0 Å². The Morgan fingerprint density at radius 1 is 1.29 bits per heavy atom. The van der Waals surface area contributed by atoms with Crippen LogP contribution >= 0.6 is 23.2 Å². The molecule has 0 unspecified atom stereocenters. The molecule has 0 aromatic rings. The predicted octanol–water partition coefficient (Wildman–Crippen LogP) is 1.89. The van der Waals surface area contributed by atoms with Crippen LogP contribution in [0.2, 0.25) is 0 Å². The number of hydrogen-bond donors (Lipinski definition) is 1. The first kappa shape index (κ1) is 18.9. The Morgan fingerprint density at radius 3 is 1.43 bits per heavy atom. The second-order valence-corrected chi connectivity index (χ2v) is 3.28. The zero-order chi connectivity index (χ0) is 12.1. The molecule has 0 aliphatic carbocycles. The summed E-state index contributed by atoms with van der Waals surface area (Å²) in [6.45, 7) is 6.28. The molecule has 0 saturated carbocycles. The van der Waals surface area contributed by atoms with E-state index in [2.05, 4.69) is 19.0 Å². The molecule has 0 atom stereocenters. The highest BCUT2D eigenvalue weighted by molar-refractivity contribution is 6.94. The van der Waals surface area contributed by atoms with E-state index in [1.165, 1.54) is 0 Å². The highest BCUT2D eigenvalue weighted by Crippen LogP contribution is 1.85. The minimum atomic E-state index is 0.287. The van der Waals surface area contributed by atoms with Gasteiger partial charge in [-0.05, 0) is 0 Å². The second kappa shape index (κ2) is 14.7. The van der Waals surface area contributed by atoms with Crippen molar-refractivity contribution in [3.8, 4) is 0 Å². The van der Waals surface area contributed by atoms with Gasteiger partial charge in [-0.2, -0.15) is 4.58 Å². The lowest BCUT2D eigenvalue weighted by atomic mass is 11.0. The summed E-state index contributed by atoms with van der Waals surface area (Å²) in [7, 11) is 7.31. The zero-order valence-electron chi connectivity index (χ0n) is 9.09. The van der Waals surface area contributed by atoms with Crippen molar-refractivity contribution in [1.82, 2.24) is 0 Å². The molecule has 0 aliphatic rings. The summed E-state index contributed by atoms with van der Waals surface area (Å²) >= 11 is 10.4. The summed E-state index contributed by atoms with van der Waals surface area (Å²) < 4.78 is 3.67. The summed E-state index contributed by atoms with van der Waals surface area (Å²) in [6, 6.07) is 0. The van der Waals surface area contributed by atoms with Crippen LogP contribution in [0.3, 0.4) is 0 Å². The van der Waals surface area contributed by atoms with E-state index >= 15 is 0 Å². The summed E-state index contributed by atoms with van der Waals surface area (Å²) in [5.74, 6) is 2.61. The zero-order valence-corrected chi connectivity index (χ0v) is 10.6. The van der Waals surface area contributed by atoms with E-state index in [-0.39, 0.29) is 4.63 Å². The molecule has 5 heteroatoms. The molecular formula is C9H18Cl2N2O+2. The van der Waals surface area contributed by atoms with Crippen LogP contribution in [0.4, 0.5) is 0 Å². The molecule has 14 heavy (non-hydrogen) atoms. The van der Waals surface area contributed by atoms with Crippen molar-refractivity contribution < 1.29 is 14.3 Å². The number of halogens is 2. The number of rotatable bonds is 0. The predicted molar refractivity (Wildman–Crippen MR) is 64.4 cm³/mol. The SMILES string of the molecule is C=C=[N+](C)C.C=CO.C[N+](C)=C(Cl)Cl. The molecule has 0 aliphatic heterocycles. The maximum atomic E-state index is 7.33. The molecule has 0 spiro atoms. The Balaban J connectivity index is -0.000000138. The first-order chi connectivity index (χ1) is 6.33. The Labute approximate surface area is 95.9 Å². The first-order valence-corrected chi connectivity index (χ1v) is 4.39. The molecule has 0 aromatic heterocycles. The van der Waals surface area contributed by atoms with Crippen molar-refractivity contribution in [2.45, 2.75) is 0 Å². The van der Waals surface area contributed by atoms with Crippen LogP contribution in [0.25, 0.3) is 0 Å². The molecule has 0 bridgehead atoms. The van der Waals surface area contributed by atoms with Crippen LogP contribution in [0.1, 0.15) is 0 Å². The van der Waals surface area contributed by atoms with Crippen LogP contribution < -0.4 is 0 Å². The van der Waals surface area contributed by atoms with E-state index in [0.29, 0.717) is 0 Å². The summed E-state index contributed by atoms with van der Waals surface area (Å²) in [4.78, 5) is 0. The third kappa shape index (κ3) is 42.9. The normalized spacial score (nSPS) is 6.43. The number of hydrogen-bond acceptors (Lipinski definition) is 1. The molecule has 0 fully saturated rings. The van der Waals surface area contributed by atoms with Gasteiger partial charge in [-0.1, -0.05) is 6.58 Å². The van der Waals surface area contributed by atoms with Crippen LogP contribution in [0.15, 0.2) is 19.4 Å². The molecule has 3 nitrogen and oxygen atoms in total. The maximum absolute atomic E-state index is 7.33. The van der Waals surface area contributed by atoms with E-state index in [9.17, 15) is 0 Å². The lowest BCUT2D eigenvalue weighted by Crippen LogP contribution is -1.98. The molecule has 0 saturated heterocycles. The Morgan fingerprint density at radius 2 is 1.43 bits per heavy atom. The van der Waals surface area contributed by atoms with Crippen LogP contribution in [-0.2, 0) is 0 Å². The van der Waals surface area contributed by atoms with Crippen molar-refractivity contribution in [3.05, 3.63) is 19.4 Å². The minimum Gasteiger partial charge on any atom is -0.516 e. The molecule has 1 N–H and O–H groups in total. The number of nitrogens with zero attached hydrogens (tertiary/aromatic N) is 2. The Bertz CT molecular complexity index is 209. The van der Waals surface area contributed by atoms with E-state index in [0.717, 1.165) is 6.26 Å². The third-order valence-corrected chi connectivity index (χ3v) is 1.33. The van der Waals surface area contributed by atoms with Crippen molar-refractivity contribution in [2.75, 3.05) is 28.2 Å². The highest BCUT2D eigenvalue weighted by atomic mass is 35.5. The van der Waals surface area contributed by atoms with E-state index in [1.807, 2.05) is 14.1 Å². The lowest BCUT2D eigenvalue weighted by Gasteiger charge is -1.77. The Hall–Kier alpha value is -0.760. The fourth-order valence-corrected chi connectivity index (χ4v) is 0. The molecule has 82 valence electrons. The van der Waals surface area contributed by atoms with E-state index < -0.39 is 0 Å². The van der Waals surface area contributed by atoms with E-state index in [1.54, 1.807) is 23.2 Å². The quantitative estimate of drug-likeness (QED) is 0.391. The average molecular weight is 241 g/mol. The van der Waals surface area contributed by atoms with Gasteiger partial charge in [-0.15, -0.1) is 0 Å². The van der Waals surface area contributed by atoms with Gasteiger partial charge in [-0.25, -0.2) is 4.58 Å². The van der Waals surface area contributed by atoms with Gasteiger partial charge in [0.1, 0.15) is 28.2 Å². The number of aliphatic hydroxyl groups is 1. The molecular weight excluding hydrogens is 223 g/mol. The smallest absolute Gasteiger partial charge is 0.340 e. The molecule has 0 rings (SSSR count). The van der Waals surface area contributed by atoms with Gasteiger partial charge in [0, 0.05) is 29.8 Å². The monoisotopic (exact) mass is 240 g/mol. The third-order valence-electron chi connectivity index (χ3n) is 0.654. The minimum absolute atomic E-state index is 0.287. The standard InChI is InChI=1S/C4H8N.C3H6Cl2N.C2H4O/c1-4-5(2)3;1-6(2)3(4)5;1-2-3/h1H2,2-3H3;1-2H3;2-3H,1H2/q2*+1;. The van der Waals surface area contributed by atoms with Crippen LogP contribution in [0, 0.1) is 0 Å². The Kier molecular flexibility index (Phi) is 19.9. The van der Waals surface area contributed by atoms with E-state index in [4.69, 9.17) is 28.3 Å². The van der Waals surface area contributed by atoms with Crippen LogP contribution in [-0.4, -0.2) is 52.9 Å². The van der Waals surface area contributed by atoms with Gasteiger partial charge in [0.25, 0.3) is 0 Å². The second-order valence-electron chi connectivity index (χ2n) is 2.37. The molecule has 0 heterocycles. The molecule has 0 amide bonds. The first-order valence-electron chi connectivity index (χ1n) is 3.63. The van der Waals surface area contributed by atoms with Gasteiger partial charge in [-0.3, -0.25) is 0 Å². The summed E-state index contributed by atoms with van der Waals surface area (Å²) in [5, 5.41) is 7.33.